The molecule has 124 valence electrons. The van der Waals surface area contributed by atoms with Crippen molar-refractivity contribution >= 4 is 17.3 Å². The maximum atomic E-state index is 13.7. The number of carbonyl (C=O) groups is 1. The van der Waals surface area contributed by atoms with Crippen LogP contribution in [-0.2, 0) is 0 Å². The molecule has 3 aromatic carbocycles. The van der Waals surface area contributed by atoms with Crippen LogP contribution in [0.1, 0.15) is 22.1 Å². The van der Waals surface area contributed by atoms with Crippen LogP contribution < -0.4 is 10.2 Å². The summed E-state index contributed by atoms with van der Waals surface area (Å²) in [5.41, 5.74) is 2.33. The summed E-state index contributed by atoms with van der Waals surface area (Å²) in [5, 5.41) is 3.28. The zero-order chi connectivity index (χ0) is 17.4. The van der Waals surface area contributed by atoms with E-state index in [-0.39, 0.29) is 17.5 Å². The zero-order valence-corrected chi connectivity index (χ0v) is 13.1. The number of fused-ring (bicyclic) bond motifs is 1. The first-order valence-corrected chi connectivity index (χ1v) is 7.83. The Balaban J connectivity index is 1.87. The summed E-state index contributed by atoms with van der Waals surface area (Å²) in [7, 11) is 0. The second-order valence-corrected chi connectivity index (χ2v) is 5.80. The fourth-order valence-electron chi connectivity index (χ4n) is 3.03. The Labute approximate surface area is 143 Å². The molecule has 1 heterocycles. The molecular weight excluding hydrogens is 322 g/mol. The molecule has 25 heavy (non-hydrogen) atoms. The lowest BCUT2D eigenvalue weighted by Gasteiger charge is -2.38. The molecule has 0 saturated heterocycles. The first-order chi connectivity index (χ1) is 12.1. The van der Waals surface area contributed by atoms with Gasteiger partial charge in [0.2, 0.25) is 0 Å². The molecule has 0 aliphatic carbocycles. The molecule has 0 fully saturated rings. The van der Waals surface area contributed by atoms with Gasteiger partial charge in [0.25, 0.3) is 5.91 Å². The molecule has 5 heteroatoms. The fraction of sp³-hybridized carbons (Fsp3) is 0.0500. The highest BCUT2D eigenvalue weighted by Crippen LogP contribution is 2.36. The second kappa shape index (κ2) is 6.02. The van der Waals surface area contributed by atoms with E-state index in [2.05, 4.69) is 5.32 Å². The van der Waals surface area contributed by atoms with E-state index in [1.807, 2.05) is 12.1 Å². The molecule has 1 amide bonds. The standard InChI is InChI=1S/C20H14F2N2O/c21-14-8-10-16(11-9-14)24-19(13-4-3-5-15(22)12-13)23-18-7-2-1-6-17(18)20(24)25/h1-12,19,23H/t19-/m0/s1. The number of benzene rings is 3. The number of nitrogens with zero attached hydrogens (tertiary/aromatic N) is 1. The van der Waals surface area contributed by atoms with Gasteiger partial charge in [-0.1, -0.05) is 24.3 Å². The monoisotopic (exact) mass is 336 g/mol. The molecule has 3 aromatic rings. The number of carbonyl (C=O) groups excluding carboxylic acids is 1. The van der Waals surface area contributed by atoms with E-state index in [0.29, 0.717) is 22.5 Å². The van der Waals surface area contributed by atoms with E-state index < -0.39 is 6.17 Å². The summed E-state index contributed by atoms with van der Waals surface area (Å²) in [6.45, 7) is 0. The Bertz CT molecular complexity index is 940. The van der Waals surface area contributed by atoms with Gasteiger partial charge in [-0.05, 0) is 54.1 Å². The zero-order valence-electron chi connectivity index (χ0n) is 13.1. The van der Waals surface area contributed by atoms with Gasteiger partial charge in [-0.25, -0.2) is 8.78 Å². The molecule has 0 bridgehead atoms. The topological polar surface area (TPSA) is 32.3 Å². The molecule has 1 aliphatic rings. The predicted octanol–water partition coefficient (Wildman–Crippen LogP) is 4.74. The van der Waals surface area contributed by atoms with Crippen LogP contribution in [0.2, 0.25) is 0 Å². The van der Waals surface area contributed by atoms with Crippen molar-refractivity contribution in [2.45, 2.75) is 6.17 Å². The smallest absolute Gasteiger partial charge is 0.262 e. The normalized spacial score (nSPS) is 16.3. The highest BCUT2D eigenvalue weighted by molar-refractivity contribution is 6.12. The number of para-hydroxylation sites is 1. The summed E-state index contributed by atoms with van der Waals surface area (Å²) in [6.07, 6.45) is -0.594. The SMILES string of the molecule is O=C1c2ccccc2N[C@H](c2cccc(F)c2)N1c1ccc(F)cc1. The first kappa shape index (κ1) is 15.3. The third-order valence-corrected chi connectivity index (χ3v) is 4.20. The van der Waals surface area contributed by atoms with E-state index in [4.69, 9.17) is 0 Å². The van der Waals surface area contributed by atoms with Crippen LogP contribution in [-0.4, -0.2) is 5.91 Å². The molecular formula is C20H14F2N2O. The van der Waals surface area contributed by atoms with Gasteiger partial charge >= 0.3 is 0 Å². The maximum absolute atomic E-state index is 13.7. The van der Waals surface area contributed by atoms with Crippen molar-refractivity contribution in [3.8, 4) is 0 Å². The average Bonchev–Trinajstić information content (AvgIpc) is 2.63. The molecule has 3 nitrogen and oxygen atoms in total. The van der Waals surface area contributed by atoms with Crippen molar-refractivity contribution < 1.29 is 13.6 Å². The van der Waals surface area contributed by atoms with Crippen molar-refractivity contribution in [1.82, 2.24) is 0 Å². The summed E-state index contributed by atoms with van der Waals surface area (Å²) in [5.74, 6) is -0.997. The maximum Gasteiger partial charge on any atom is 0.262 e. The van der Waals surface area contributed by atoms with Crippen molar-refractivity contribution in [3.63, 3.8) is 0 Å². The molecule has 1 atom stereocenters. The average molecular weight is 336 g/mol. The quantitative estimate of drug-likeness (QED) is 0.733. The lowest BCUT2D eigenvalue weighted by Crippen LogP contribution is -2.43. The van der Waals surface area contributed by atoms with Crippen LogP contribution in [0.5, 0.6) is 0 Å². The Morgan fingerprint density at radius 3 is 2.36 bits per heavy atom. The molecule has 0 radical (unpaired) electrons. The molecule has 0 aromatic heterocycles. The highest BCUT2D eigenvalue weighted by atomic mass is 19.1. The van der Waals surface area contributed by atoms with E-state index in [1.54, 1.807) is 24.3 Å². The molecule has 0 spiro atoms. The van der Waals surface area contributed by atoms with Gasteiger partial charge < -0.3 is 5.32 Å². The van der Waals surface area contributed by atoms with Crippen molar-refractivity contribution in [3.05, 3.63) is 95.6 Å². The molecule has 0 unspecified atom stereocenters. The van der Waals surface area contributed by atoms with Crippen molar-refractivity contribution in [2.24, 2.45) is 0 Å². The van der Waals surface area contributed by atoms with Gasteiger partial charge in [-0.3, -0.25) is 9.69 Å². The van der Waals surface area contributed by atoms with E-state index in [0.717, 1.165) is 0 Å². The lowest BCUT2D eigenvalue weighted by atomic mass is 10.0. The minimum Gasteiger partial charge on any atom is -0.360 e. The van der Waals surface area contributed by atoms with Crippen LogP contribution in [0.3, 0.4) is 0 Å². The van der Waals surface area contributed by atoms with Crippen molar-refractivity contribution in [2.75, 3.05) is 10.2 Å². The molecule has 0 saturated carbocycles. The Hall–Kier alpha value is -3.21. The number of hydrogen-bond donors (Lipinski definition) is 1. The van der Waals surface area contributed by atoms with Crippen LogP contribution in [0.25, 0.3) is 0 Å². The molecule has 1 N–H and O–H groups in total. The van der Waals surface area contributed by atoms with Crippen LogP contribution in [0, 0.1) is 11.6 Å². The number of hydrogen-bond acceptors (Lipinski definition) is 2. The Morgan fingerprint density at radius 2 is 1.60 bits per heavy atom. The van der Waals surface area contributed by atoms with Crippen LogP contribution >= 0.6 is 0 Å². The third kappa shape index (κ3) is 2.74. The summed E-state index contributed by atoms with van der Waals surface area (Å²) < 4.78 is 27.0. The minimum absolute atomic E-state index is 0.227. The van der Waals surface area contributed by atoms with Gasteiger partial charge in [-0.15, -0.1) is 0 Å². The Morgan fingerprint density at radius 1 is 0.840 bits per heavy atom. The molecule has 1 aliphatic heterocycles. The number of anilines is 2. The van der Waals surface area contributed by atoms with Gasteiger partial charge in [0.15, 0.2) is 0 Å². The predicted molar refractivity (Wildman–Crippen MR) is 92.4 cm³/mol. The van der Waals surface area contributed by atoms with E-state index in [9.17, 15) is 13.6 Å². The summed E-state index contributed by atoms with van der Waals surface area (Å²) in [4.78, 5) is 14.6. The van der Waals surface area contributed by atoms with Crippen molar-refractivity contribution in [1.29, 1.82) is 0 Å². The van der Waals surface area contributed by atoms with Gasteiger partial charge in [0.05, 0.1) is 5.56 Å². The van der Waals surface area contributed by atoms with Crippen LogP contribution in [0.15, 0.2) is 72.8 Å². The minimum atomic E-state index is -0.594. The number of halogens is 2. The number of rotatable bonds is 2. The highest BCUT2D eigenvalue weighted by Gasteiger charge is 2.34. The third-order valence-electron chi connectivity index (χ3n) is 4.20. The summed E-state index contributed by atoms with van der Waals surface area (Å²) >= 11 is 0. The van der Waals surface area contributed by atoms with Gasteiger partial charge in [0.1, 0.15) is 17.8 Å². The first-order valence-electron chi connectivity index (χ1n) is 7.83. The largest absolute Gasteiger partial charge is 0.360 e. The fourth-order valence-corrected chi connectivity index (χ4v) is 3.03. The lowest BCUT2D eigenvalue weighted by molar-refractivity contribution is 0.0975. The number of amides is 1. The Kier molecular flexibility index (Phi) is 3.69. The number of nitrogens with one attached hydrogen (secondary N) is 1. The van der Waals surface area contributed by atoms with Gasteiger partial charge in [0, 0.05) is 11.4 Å². The second-order valence-electron chi connectivity index (χ2n) is 5.80. The summed E-state index contributed by atoms with van der Waals surface area (Å²) in [6, 6.07) is 18.9. The molecule has 4 rings (SSSR count). The van der Waals surface area contributed by atoms with E-state index in [1.165, 1.54) is 41.3 Å². The van der Waals surface area contributed by atoms with E-state index >= 15 is 0 Å². The van der Waals surface area contributed by atoms with Gasteiger partial charge in [-0.2, -0.15) is 0 Å². The van der Waals surface area contributed by atoms with Crippen LogP contribution in [0.4, 0.5) is 20.2 Å².